The molecule has 0 bridgehead atoms. The maximum absolute atomic E-state index is 11.0. The van der Waals surface area contributed by atoms with Crippen molar-refractivity contribution in [2.45, 2.75) is 6.92 Å². The maximum atomic E-state index is 11.0. The quantitative estimate of drug-likeness (QED) is 0.680. The number of H-pyrrole nitrogens is 1. The molecule has 4 nitrogen and oxygen atoms in total. The van der Waals surface area contributed by atoms with Gasteiger partial charge in [-0.1, -0.05) is 0 Å². The van der Waals surface area contributed by atoms with Gasteiger partial charge in [0.2, 0.25) is 0 Å². The number of nitrogens with zero attached hydrogens (tertiary/aromatic N) is 1. The van der Waals surface area contributed by atoms with Gasteiger partial charge < -0.3 is 4.98 Å². The molecule has 0 spiro atoms. The molecule has 13 heavy (non-hydrogen) atoms. The summed E-state index contributed by atoms with van der Waals surface area (Å²) in [5.41, 5.74) is -0.113. The van der Waals surface area contributed by atoms with E-state index >= 15 is 0 Å². The average molecular weight is 197 g/mol. The van der Waals surface area contributed by atoms with Gasteiger partial charge in [-0.3, -0.25) is 9.59 Å². The van der Waals surface area contributed by atoms with E-state index < -0.39 is 10.8 Å². The fourth-order valence-corrected chi connectivity index (χ4v) is 1.11. The van der Waals surface area contributed by atoms with Gasteiger partial charge in [0, 0.05) is 5.69 Å². The van der Waals surface area contributed by atoms with E-state index in [-0.39, 0.29) is 11.1 Å². The number of aromatic nitrogens is 1. The number of rotatable bonds is 1. The summed E-state index contributed by atoms with van der Waals surface area (Å²) in [6, 6.07) is 2.85. The van der Waals surface area contributed by atoms with Crippen molar-refractivity contribution in [2.24, 2.45) is 0 Å². The van der Waals surface area contributed by atoms with E-state index in [0.717, 1.165) is 0 Å². The Morgan fingerprint density at radius 1 is 1.69 bits per heavy atom. The molecule has 0 saturated carbocycles. The maximum Gasteiger partial charge on any atom is 0.266 e. The van der Waals surface area contributed by atoms with Crippen LogP contribution in [-0.2, 0) is 0 Å². The van der Waals surface area contributed by atoms with Crippen LogP contribution in [0.5, 0.6) is 0 Å². The van der Waals surface area contributed by atoms with Crippen molar-refractivity contribution >= 4 is 16.8 Å². The minimum atomic E-state index is -0.690. The van der Waals surface area contributed by atoms with Crippen molar-refractivity contribution in [1.29, 1.82) is 5.26 Å². The van der Waals surface area contributed by atoms with Crippen LogP contribution >= 0.6 is 11.6 Å². The summed E-state index contributed by atoms with van der Waals surface area (Å²) in [7, 11) is 0. The van der Waals surface area contributed by atoms with Crippen LogP contribution in [0.1, 0.15) is 21.6 Å². The third-order valence-corrected chi connectivity index (χ3v) is 1.77. The Balaban J connectivity index is 3.51. The summed E-state index contributed by atoms with van der Waals surface area (Å²) in [5, 5.41) is 7.80. The molecule has 0 aromatic carbocycles. The van der Waals surface area contributed by atoms with Crippen molar-refractivity contribution in [1.82, 2.24) is 4.98 Å². The number of hydrogen-bond acceptors (Lipinski definition) is 3. The van der Waals surface area contributed by atoms with E-state index in [0.29, 0.717) is 5.69 Å². The minimum absolute atomic E-state index is 0.116. The second-order valence-electron chi connectivity index (χ2n) is 2.44. The standard InChI is InChI=1S/C8H5ClN2O2/c1-4-6(7(9)12)2-5(3-10)8(13)11-4/h2H,1H3,(H,11,13). The molecule has 0 fully saturated rings. The van der Waals surface area contributed by atoms with E-state index in [9.17, 15) is 9.59 Å². The van der Waals surface area contributed by atoms with Crippen LogP contribution in [0.4, 0.5) is 0 Å². The number of nitrogens with one attached hydrogen (secondary N) is 1. The number of aryl methyl sites for hydroxylation is 1. The number of nitriles is 1. The smallest absolute Gasteiger partial charge is 0.266 e. The Kier molecular flexibility index (Phi) is 2.49. The molecular weight excluding hydrogens is 192 g/mol. The molecule has 1 aromatic heterocycles. The van der Waals surface area contributed by atoms with Crippen molar-refractivity contribution < 1.29 is 4.79 Å². The van der Waals surface area contributed by atoms with Crippen LogP contribution in [0.15, 0.2) is 10.9 Å². The predicted octanol–water partition coefficient (Wildman–Crippen LogP) is 0.934. The lowest BCUT2D eigenvalue weighted by Crippen LogP contribution is -2.14. The van der Waals surface area contributed by atoms with Gasteiger partial charge in [0.15, 0.2) is 0 Å². The van der Waals surface area contributed by atoms with Crippen LogP contribution in [0.3, 0.4) is 0 Å². The normalized spacial score (nSPS) is 9.31. The van der Waals surface area contributed by atoms with Gasteiger partial charge in [-0.25, -0.2) is 0 Å². The highest BCUT2D eigenvalue weighted by molar-refractivity contribution is 6.67. The van der Waals surface area contributed by atoms with Gasteiger partial charge in [0.25, 0.3) is 10.8 Å². The molecule has 1 aromatic rings. The second kappa shape index (κ2) is 3.42. The lowest BCUT2D eigenvalue weighted by molar-refractivity contribution is 0.108. The van der Waals surface area contributed by atoms with Crippen molar-refractivity contribution in [3.8, 4) is 6.07 Å². The third-order valence-electron chi connectivity index (χ3n) is 1.57. The number of carbonyl (C=O) groups excluding carboxylic acids is 1. The molecule has 1 rings (SSSR count). The molecular formula is C8H5ClN2O2. The molecule has 0 aliphatic rings. The van der Waals surface area contributed by atoms with Crippen molar-refractivity contribution in [2.75, 3.05) is 0 Å². The largest absolute Gasteiger partial charge is 0.325 e. The highest BCUT2D eigenvalue weighted by atomic mass is 35.5. The summed E-state index contributed by atoms with van der Waals surface area (Å²) >= 11 is 5.22. The molecule has 0 unspecified atom stereocenters. The zero-order valence-electron chi connectivity index (χ0n) is 6.72. The van der Waals surface area contributed by atoms with E-state index in [4.69, 9.17) is 16.9 Å². The number of pyridine rings is 1. The van der Waals surface area contributed by atoms with E-state index in [1.54, 1.807) is 6.07 Å². The molecule has 0 saturated heterocycles. The number of hydrogen-bond donors (Lipinski definition) is 1. The molecule has 1 N–H and O–H groups in total. The first-order valence-electron chi connectivity index (χ1n) is 3.40. The lowest BCUT2D eigenvalue weighted by atomic mass is 10.1. The summed E-state index contributed by atoms with van der Waals surface area (Å²) in [4.78, 5) is 24.1. The summed E-state index contributed by atoms with van der Waals surface area (Å²) in [6.45, 7) is 1.54. The van der Waals surface area contributed by atoms with Gasteiger partial charge in [-0.15, -0.1) is 0 Å². The first-order valence-corrected chi connectivity index (χ1v) is 3.78. The van der Waals surface area contributed by atoms with E-state index in [1.807, 2.05) is 0 Å². The Hall–Kier alpha value is -1.60. The monoisotopic (exact) mass is 196 g/mol. The highest BCUT2D eigenvalue weighted by Gasteiger charge is 2.09. The first-order chi connectivity index (χ1) is 6.06. The van der Waals surface area contributed by atoms with Gasteiger partial charge in [0.05, 0.1) is 5.56 Å². The van der Waals surface area contributed by atoms with E-state index in [2.05, 4.69) is 4.98 Å². The predicted molar refractivity (Wildman–Crippen MR) is 46.7 cm³/mol. The zero-order valence-corrected chi connectivity index (χ0v) is 7.47. The third kappa shape index (κ3) is 1.76. The lowest BCUT2D eigenvalue weighted by Gasteiger charge is -1.99. The van der Waals surface area contributed by atoms with Gasteiger partial charge in [0.1, 0.15) is 11.6 Å². The average Bonchev–Trinajstić information content (AvgIpc) is 2.03. The number of halogens is 1. The second-order valence-corrected chi connectivity index (χ2v) is 2.78. The molecule has 0 aliphatic heterocycles. The Morgan fingerprint density at radius 2 is 2.31 bits per heavy atom. The summed E-state index contributed by atoms with van der Waals surface area (Å²) < 4.78 is 0. The van der Waals surface area contributed by atoms with Gasteiger partial charge in [-0.05, 0) is 24.6 Å². The van der Waals surface area contributed by atoms with Crippen LogP contribution in [0.25, 0.3) is 0 Å². The summed E-state index contributed by atoms with van der Waals surface area (Å²) in [5.74, 6) is 0. The summed E-state index contributed by atoms with van der Waals surface area (Å²) in [6.07, 6.45) is 0. The van der Waals surface area contributed by atoms with E-state index in [1.165, 1.54) is 13.0 Å². The number of aromatic amines is 1. The Bertz CT molecular complexity index is 456. The Morgan fingerprint density at radius 3 is 2.77 bits per heavy atom. The van der Waals surface area contributed by atoms with Crippen LogP contribution in [0.2, 0.25) is 0 Å². The van der Waals surface area contributed by atoms with Crippen molar-refractivity contribution in [3.63, 3.8) is 0 Å². The van der Waals surface area contributed by atoms with Gasteiger partial charge >= 0.3 is 0 Å². The first kappa shape index (κ1) is 9.49. The topological polar surface area (TPSA) is 73.7 Å². The minimum Gasteiger partial charge on any atom is -0.325 e. The van der Waals surface area contributed by atoms with Gasteiger partial charge in [-0.2, -0.15) is 5.26 Å². The van der Waals surface area contributed by atoms with Crippen LogP contribution < -0.4 is 5.56 Å². The molecule has 0 aliphatic carbocycles. The number of carbonyl (C=O) groups is 1. The molecule has 1 heterocycles. The van der Waals surface area contributed by atoms with Crippen LogP contribution in [0, 0.1) is 18.3 Å². The highest BCUT2D eigenvalue weighted by Crippen LogP contribution is 2.07. The zero-order chi connectivity index (χ0) is 10.0. The molecule has 0 atom stereocenters. The van der Waals surface area contributed by atoms with Crippen LogP contribution in [-0.4, -0.2) is 10.2 Å². The fourth-order valence-electron chi connectivity index (χ4n) is 0.910. The molecule has 66 valence electrons. The van der Waals surface area contributed by atoms with Crippen molar-refractivity contribution in [3.05, 3.63) is 33.2 Å². The fraction of sp³-hybridized carbons (Fsp3) is 0.125. The molecule has 0 radical (unpaired) electrons. The SMILES string of the molecule is Cc1[nH]c(=O)c(C#N)cc1C(=O)Cl. The molecule has 5 heteroatoms. The Labute approximate surface area is 78.8 Å². The molecule has 0 amide bonds.